The Bertz CT molecular complexity index is 502. The molecule has 2 N–H and O–H groups in total. The van der Waals surface area contributed by atoms with E-state index in [1.807, 2.05) is 5.48 Å². The minimum Gasteiger partial charge on any atom is -0.291 e. The molecule has 2 aromatic rings. The standard InChI is InChI=1S/C11H10N2O2/c14-11-3-1-2-8-13(11)10-6-4-9(12-15)5-7-10/h1-8,12,15H. The smallest absolute Gasteiger partial charge is 0.255 e. The van der Waals surface area contributed by atoms with Crippen molar-refractivity contribution >= 4 is 5.69 Å². The van der Waals surface area contributed by atoms with Crippen LogP contribution in [0.2, 0.25) is 0 Å². The van der Waals surface area contributed by atoms with Gasteiger partial charge in [0.1, 0.15) is 0 Å². The monoisotopic (exact) mass is 202 g/mol. The van der Waals surface area contributed by atoms with Crippen molar-refractivity contribution in [2.75, 3.05) is 5.48 Å². The third-order valence-corrected chi connectivity index (χ3v) is 2.10. The molecular weight excluding hydrogens is 192 g/mol. The van der Waals surface area contributed by atoms with E-state index in [1.54, 1.807) is 42.6 Å². The predicted molar refractivity (Wildman–Crippen MR) is 57.4 cm³/mol. The van der Waals surface area contributed by atoms with E-state index in [-0.39, 0.29) is 5.56 Å². The highest BCUT2D eigenvalue weighted by Gasteiger charge is 1.97. The summed E-state index contributed by atoms with van der Waals surface area (Å²) in [4.78, 5) is 11.5. The average Bonchev–Trinajstić information content (AvgIpc) is 2.30. The molecule has 1 heterocycles. The summed E-state index contributed by atoms with van der Waals surface area (Å²) in [5, 5.41) is 8.64. The molecular formula is C11H10N2O2. The van der Waals surface area contributed by atoms with Crippen LogP contribution in [0, 0.1) is 0 Å². The van der Waals surface area contributed by atoms with Gasteiger partial charge in [-0.15, -0.1) is 0 Å². The van der Waals surface area contributed by atoms with Crippen molar-refractivity contribution in [1.29, 1.82) is 0 Å². The van der Waals surface area contributed by atoms with E-state index < -0.39 is 0 Å². The molecule has 2 rings (SSSR count). The summed E-state index contributed by atoms with van der Waals surface area (Å²) < 4.78 is 1.53. The lowest BCUT2D eigenvalue weighted by Gasteiger charge is -2.05. The van der Waals surface area contributed by atoms with Crippen LogP contribution in [0.4, 0.5) is 5.69 Å². The van der Waals surface area contributed by atoms with Crippen molar-refractivity contribution in [3.8, 4) is 5.69 Å². The number of rotatable bonds is 2. The number of pyridine rings is 1. The van der Waals surface area contributed by atoms with Gasteiger partial charge in [-0.25, -0.2) is 0 Å². The van der Waals surface area contributed by atoms with Crippen molar-refractivity contribution in [3.05, 3.63) is 59.0 Å². The minimum atomic E-state index is -0.0813. The molecule has 0 aliphatic carbocycles. The summed E-state index contributed by atoms with van der Waals surface area (Å²) in [6.45, 7) is 0. The molecule has 0 aliphatic heterocycles. The lowest BCUT2D eigenvalue weighted by atomic mass is 10.3. The zero-order chi connectivity index (χ0) is 10.7. The van der Waals surface area contributed by atoms with Gasteiger partial charge in [0.2, 0.25) is 0 Å². The predicted octanol–water partition coefficient (Wildman–Crippen LogP) is 1.64. The molecule has 0 bridgehead atoms. The first-order chi connectivity index (χ1) is 7.31. The number of hydrogen-bond donors (Lipinski definition) is 2. The molecule has 76 valence electrons. The largest absolute Gasteiger partial charge is 0.291 e. The molecule has 0 amide bonds. The summed E-state index contributed by atoms with van der Waals surface area (Å²) in [7, 11) is 0. The zero-order valence-electron chi connectivity index (χ0n) is 7.92. The van der Waals surface area contributed by atoms with Crippen LogP contribution in [0.25, 0.3) is 5.69 Å². The second kappa shape index (κ2) is 3.98. The van der Waals surface area contributed by atoms with Crippen LogP contribution in [0.3, 0.4) is 0 Å². The van der Waals surface area contributed by atoms with Crippen molar-refractivity contribution in [3.63, 3.8) is 0 Å². The van der Waals surface area contributed by atoms with Gasteiger partial charge >= 0.3 is 0 Å². The molecule has 4 heteroatoms. The fraction of sp³-hybridized carbons (Fsp3) is 0. The zero-order valence-corrected chi connectivity index (χ0v) is 7.92. The summed E-state index contributed by atoms with van der Waals surface area (Å²) in [5.74, 6) is 0. The van der Waals surface area contributed by atoms with Gasteiger partial charge in [0, 0.05) is 18.0 Å². The van der Waals surface area contributed by atoms with Crippen LogP contribution in [0.1, 0.15) is 0 Å². The molecule has 0 radical (unpaired) electrons. The van der Waals surface area contributed by atoms with E-state index in [2.05, 4.69) is 0 Å². The van der Waals surface area contributed by atoms with Gasteiger partial charge < -0.3 is 0 Å². The Labute approximate surface area is 86.4 Å². The van der Waals surface area contributed by atoms with Crippen LogP contribution in [-0.4, -0.2) is 9.77 Å². The topological polar surface area (TPSA) is 54.3 Å². The summed E-state index contributed by atoms with van der Waals surface area (Å²) >= 11 is 0. The lowest BCUT2D eigenvalue weighted by molar-refractivity contribution is 0.389. The highest BCUT2D eigenvalue weighted by atomic mass is 16.5. The van der Waals surface area contributed by atoms with Crippen LogP contribution in [0.5, 0.6) is 0 Å². The van der Waals surface area contributed by atoms with Gasteiger partial charge in [-0.3, -0.25) is 20.0 Å². The van der Waals surface area contributed by atoms with Crippen LogP contribution >= 0.6 is 0 Å². The third kappa shape index (κ3) is 1.89. The van der Waals surface area contributed by atoms with Crippen LogP contribution in [-0.2, 0) is 0 Å². The molecule has 1 aromatic heterocycles. The maximum Gasteiger partial charge on any atom is 0.255 e. The minimum absolute atomic E-state index is 0.0813. The summed E-state index contributed by atoms with van der Waals surface area (Å²) in [6.07, 6.45) is 1.70. The average molecular weight is 202 g/mol. The first-order valence-electron chi connectivity index (χ1n) is 4.49. The van der Waals surface area contributed by atoms with Crippen LogP contribution < -0.4 is 11.0 Å². The van der Waals surface area contributed by atoms with Crippen molar-refractivity contribution in [1.82, 2.24) is 4.57 Å². The first-order valence-corrected chi connectivity index (χ1v) is 4.49. The Hall–Kier alpha value is -2.07. The summed E-state index contributed by atoms with van der Waals surface area (Å²) in [5.41, 5.74) is 3.30. The summed E-state index contributed by atoms with van der Waals surface area (Å²) in [6, 6.07) is 11.9. The van der Waals surface area contributed by atoms with Crippen molar-refractivity contribution in [2.45, 2.75) is 0 Å². The maximum absolute atomic E-state index is 11.5. The van der Waals surface area contributed by atoms with Gasteiger partial charge in [-0.2, -0.15) is 0 Å². The van der Waals surface area contributed by atoms with E-state index in [4.69, 9.17) is 5.21 Å². The number of anilines is 1. The Kier molecular flexibility index (Phi) is 2.51. The Balaban J connectivity index is 2.46. The van der Waals surface area contributed by atoms with E-state index in [9.17, 15) is 4.79 Å². The number of hydrogen-bond acceptors (Lipinski definition) is 3. The van der Waals surface area contributed by atoms with E-state index in [0.29, 0.717) is 5.69 Å². The molecule has 0 atom stereocenters. The molecule has 4 nitrogen and oxygen atoms in total. The Morgan fingerprint density at radius 2 is 1.80 bits per heavy atom. The van der Waals surface area contributed by atoms with Gasteiger partial charge in [0.25, 0.3) is 5.56 Å². The van der Waals surface area contributed by atoms with Gasteiger partial charge in [0.15, 0.2) is 0 Å². The quantitative estimate of drug-likeness (QED) is 0.728. The molecule has 0 saturated carbocycles. The molecule has 0 unspecified atom stereocenters. The number of nitrogens with one attached hydrogen (secondary N) is 1. The first kappa shape index (κ1) is 9.48. The van der Waals surface area contributed by atoms with Gasteiger partial charge in [0.05, 0.1) is 5.69 Å². The molecule has 0 fully saturated rings. The second-order valence-corrected chi connectivity index (χ2v) is 3.07. The lowest BCUT2D eigenvalue weighted by Crippen LogP contribution is -2.15. The Morgan fingerprint density at radius 1 is 1.07 bits per heavy atom. The maximum atomic E-state index is 11.5. The molecule has 1 aromatic carbocycles. The van der Waals surface area contributed by atoms with Crippen LogP contribution in [0.15, 0.2) is 53.5 Å². The van der Waals surface area contributed by atoms with E-state index >= 15 is 0 Å². The normalized spacial score (nSPS) is 9.93. The molecule has 0 aliphatic rings. The van der Waals surface area contributed by atoms with Gasteiger partial charge in [-0.05, 0) is 30.3 Å². The van der Waals surface area contributed by atoms with E-state index in [1.165, 1.54) is 10.6 Å². The molecule has 15 heavy (non-hydrogen) atoms. The van der Waals surface area contributed by atoms with Crippen molar-refractivity contribution < 1.29 is 5.21 Å². The highest BCUT2D eigenvalue weighted by Crippen LogP contribution is 2.10. The van der Waals surface area contributed by atoms with E-state index in [0.717, 1.165) is 5.69 Å². The van der Waals surface area contributed by atoms with Gasteiger partial charge in [-0.1, -0.05) is 6.07 Å². The fourth-order valence-corrected chi connectivity index (χ4v) is 1.34. The number of benzene rings is 1. The SMILES string of the molecule is O=c1ccccn1-c1ccc(NO)cc1. The molecule has 0 saturated heterocycles. The second-order valence-electron chi connectivity index (χ2n) is 3.07. The fourth-order valence-electron chi connectivity index (χ4n) is 1.34. The Morgan fingerprint density at radius 3 is 2.40 bits per heavy atom. The number of nitrogens with zero attached hydrogens (tertiary/aromatic N) is 1. The third-order valence-electron chi connectivity index (χ3n) is 2.10. The highest BCUT2D eigenvalue weighted by molar-refractivity contribution is 5.47. The van der Waals surface area contributed by atoms with Crippen molar-refractivity contribution in [2.24, 2.45) is 0 Å². The number of aromatic nitrogens is 1. The molecule has 0 spiro atoms.